The van der Waals surface area contributed by atoms with Crippen molar-refractivity contribution < 1.29 is 8.78 Å². The lowest BCUT2D eigenvalue weighted by Crippen LogP contribution is -2.06. The second-order valence-corrected chi connectivity index (χ2v) is 6.52. The van der Waals surface area contributed by atoms with Gasteiger partial charge in [0.15, 0.2) is 17.3 Å². The van der Waals surface area contributed by atoms with Crippen molar-refractivity contribution in [3.05, 3.63) is 72.2 Å². The van der Waals surface area contributed by atoms with Crippen molar-refractivity contribution in [1.29, 1.82) is 0 Å². The summed E-state index contributed by atoms with van der Waals surface area (Å²) in [6.45, 7) is 0.302. The van der Waals surface area contributed by atoms with Gasteiger partial charge in [-0.3, -0.25) is 4.98 Å². The highest BCUT2D eigenvalue weighted by atomic mass is 19.2. The molecule has 0 bridgehead atoms. The van der Waals surface area contributed by atoms with Crippen LogP contribution in [0.5, 0.6) is 0 Å². The van der Waals surface area contributed by atoms with Gasteiger partial charge in [-0.2, -0.15) is 10.1 Å². The Morgan fingerprint density at radius 1 is 1.00 bits per heavy atom. The fourth-order valence-corrected chi connectivity index (χ4v) is 3.35. The third-order valence-electron chi connectivity index (χ3n) is 4.72. The minimum Gasteiger partial charge on any atom is -0.359 e. The molecule has 144 valence electrons. The fourth-order valence-electron chi connectivity index (χ4n) is 3.35. The SMILES string of the molecule is CNc1nc2ncc(-n3ncc4ncccc43)cc2n1Cc1ccc(F)c(F)c1. The molecule has 0 aliphatic heterocycles. The predicted molar refractivity (Wildman–Crippen MR) is 105 cm³/mol. The number of pyridine rings is 2. The van der Waals surface area contributed by atoms with E-state index in [9.17, 15) is 8.78 Å². The molecule has 7 nitrogen and oxygen atoms in total. The first-order valence-corrected chi connectivity index (χ1v) is 8.91. The van der Waals surface area contributed by atoms with E-state index in [1.165, 1.54) is 6.07 Å². The zero-order valence-electron chi connectivity index (χ0n) is 15.3. The Labute approximate surface area is 163 Å². The molecule has 0 unspecified atom stereocenters. The number of nitrogens with one attached hydrogen (secondary N) is 1. The van der Waals surface area contributed by atoms with Crippen LogP contribution in [0.2, 0.25) is 0 Å². The predicted octanol–water partition coefficient (Wildman–Crippen LogP) is 3.53. The highest BCUT2D eigenvalue weighted by Crippen LogP contribution is 2.24. The molecule has 0 atom stereocenters. The van der Waals surface area contributed by atoms with Gasteiger partial charge in [0.1, 0.15) is 5.52 Å². The van der Waals surface area contributed by atoms with E-state index in [2.05, 4.69) is 25.4 Å². The second kappa shape index (κ2) is 6.62. The molecule has 0 amide bonds. The maximum Gasteiger partial charge on any atom is 0.205 e. The van der Waals surface area contributed by atoms with E-state index < -0.39 is 11.6 Å². The second-order valence-electron chi connectivity index (χ2n) is 6.52. The van der Waals surface area contributed by atoms with Gasteiger partial charge in [-0.05, 0) is 35.9 Å². The van der Waals surface area contributed by atoms with E-state index in [4.69, 9.17) is 0 Å². The van der Waals surface area contributed by atoms with E-state index in [1.54, 1.807) is 36.4 Å². The molecular formula is C20H15F2N7. The number of fused-ring (bicyclic) bond motifs is 2. The van der Waals surface area contributed by atoms with E-state index in [0.717, 1.165) is 28.3 Å². The molecular weight excluding hydrogens is 376 g/mol. The molecule has 4 aromatic heterocycles. The van der Waals surface area contributed by atoms with Crippen LogP contribution in [0.25, 0.3) is 27.9 Å². The summed E-state index contributed by atoms with van der Waals surface area (Å²) in [5.41, 5.74) is 4.26. The van der Waals surface area contributed by atoms with E-state index in [1.807, 2.05) is 22.8 Å². The summed E-state index contributed by atoms with van der Waals surface area (Å²) in [7, 11) is 1.75. The molecule has 29 heavy (non-hydrogen) atoms. The zero-order valence-corrected chi connectivity index (χ0v) is 15.3. The molecule has 0 aliphatic carbocycles. The number of imidazole rings is 1. The first kappa shape index (κ1) is 17.2. The topological polar surface area (TPSA) is 73.5 Å². The Morgan fingerprint density at radius 2 is 1.90 bits per heavy atom. The smallest absolute Gasteiger partial charge is 0.205 e. The maximum atomic E-state index is 13.7. The average Bonchev–Trinajstić information content (AvgIpc) is 3.32. The van der Waals surface area contributed by atoms with Crippen LogP contribution in [0.4, 0.5) is 14.7 Å². The van der Waals surface area contributed by atoms with E-state index in [-0.39, 0.29) is 0 Å². The van der Waals surface area contributed by atoms with Gasteiger partial charge in [-0.1, -0.05) is 6.07 Å². The Hall–Kier alpha value is -3.88. The lowest BCUT2D eigenvalue weighted by molar-refractivity contribution is 0.506. The molecule has 4 heterocycles. The van der Waals surface area contributed by atoms with Crippen LogP contribution in [0.3, 0.4) is 0 Å². The summed E-state index contributed by atoms with van der Waals surface area (Å²) in [6.07, 6.45) is 5.10. The Morgan fingerprint density at radius 3 is 2.72 bits per heavy atom. The first-order chi connectivity index (χ1) is 14.1. The van der Waals surface area contributed by atoms with Gasteiger partial charge < -0.3 is 9.88 Å². The van der Waals surface area contributed by atoms with Crippen LogP contribution in [0.15, 0.2) is 55.0 Å². The quantitative estimate of drug-likeness (QED) is 0.507. The number of rotatable bonds is 4. The van der Waals surface area contributed by atoms with Crippen molar-refractivity contribution in [2.24, 2.45) is 0 Å². The Bertz CT molecular complexity index is 1360. The van der Waals surface area contributed by atoms with Gasteiger partial charge in [0.25, 0.3) is 0 Å². The van der Waals surface area contributed by atoms with Crippen LogP contribution in [0.1, 0.15) is 5.56 Å². The molecule has 1 aromatic carbocycles. The summed E-state index contributed by atoms with van der Waals surface area (Å²) < 4.78 is 30.6. The van der Waals surface area contributed by atoms with Crippen LogP contribution >= 0.6 is 0 Å². The van der Waals surface area contributed by atoms with Gasteiger partial charge in [0.05, 0.1) is 35.7 Å². The van der Waals surface area contributed by atoms with E-state index >= 15 is 0 Å². The van der Waals surface area contributed by atoms with Crippen LogP contribution in [-0.2, 0) is 6.54 Å². The summed E-state index contributed by atoms with van der Waals surface area (Å²) in [5.74, 6) is -1.19. The summed E-state index contributed by atoms with van der Waals surface area (Å²) in [6, 6.07) is 9.54. The number of halogens is 2. The van der Waals surface area contributed by atoms with Gasteiger partial charge >= 0.3 is 0 Å². The number of aromatic nitrogens is 6. The maximum absolute atomic E-state index is 13.7. The number of hydrogen-bond acceptors (Lipinski definition) is 5. The molecule has 1 N–H and O–H groups in total. The van der Waals surface area contributed by atoms with Gasteiger partial charge in [-0.15, -0.1) is 0 Å². The van der Waals surface area contributed by atoms with Gasteiger partial charge in [0, 0.05) is 13.2 Å². The van der Waals surface area contributed by atoms with Crippen molar-refractivity contribution in [3.63, 3.8) is 0 Å². The lowest BCUT2D eigenvalue weighted by atomic mass is 10.2. The molecule has 0 spiro atoms. The molecule has 0 saturated carbocycles. The fraction of sp³-hybridized carbons (Fsp3) is 0.100. The number of anilines is 1. The molecule has 9 heteroatoms. The zero-order chi connectivity index (χ0) is 20.0. The Kier molecular flexibility index (Phi) is 3.94. The van der Waals surface area contributed by atoms with E-state index in [0.29, 0.717) is 23.7 Å². The minimum atomic E-state index is -0.882. The van der Waals surface area contributed by atoms with Crippen molar-refractivity contribution in [3.8, 4) is 5.69 Å². The summed E-state index contributed by atoms with van der Waals surface area (Å²) >= 11 is 0. The highest BCUT2D eigenvalue weighted by Gasteiger charge is 2.15. The third kappa shape index (κ3) is 2.87. The van der Waals surface area contributed by atoms with Crippen molar-refractivity contribution in [1.82, 2.24) is 29.3 Å². The standard InChI is InChI=1S/C20H15F2N7/c1-23-20-27-19-18(28(20)11-12-4-5-14(21)15(22)7-12)8-13(9-25-19)29-17-3-2-6-24-16(17)10-26-29/h2-10H,11H2,1H3,(H,23,25,27). The number of hydrogen-bond donors (Lipinski definition) is 1. The van der Waals surface area contributed by atoms with Crippen molar-refractivity contribution in [2.75, 3.05) is 12.4 Å². The molecule has 0 aliphatic rings. The summed E-state index contributed by atoms with van der Waals surface area (Å²) in [5, 5.41) is 7.44. The van der Waals surface area contributed by atoms with Gasteiger partial charge in [0.2, 0.25) is 5.95 Å². The van der Waals surface area contributed by atoms with Crippen LogP contribution < -0.4 is 5.32 Å². The first-order valence-electron chi connectivity index (χ1n) is 8.91. The lowest BCUT2D eigenvalue weighted by Gasteiger charge is -2.10. The monoisotopic (exact) mass is 391 g/mol. The molecule has 0 radical (unpaired) electrons. The Balaban J connectivity index is 1.65. The normalized spacial score (nSPS) is 11.4. The average molecular weight is 391 g/mol. The largest absolute Gasteiger partial charge is 0.359 e. The molecule has 5 rings (SSSR count). The number of benzene rings is 1. The molecule has 0 fully saturated rings. The van der Waals surface area contributed by atoms with Crippen molar-refractivity contribution in [2.45, 2.75) is 6.54 Å². The van der Waals surface area contributed by atoms with Crippen molar-refractivity contribution >= 4 is 28.1 Å². The highest BCUT2D eigenvalue weighted by molar-refractivity contribution is 5.80. The molecule has 0 saturated heterocycles. The van der Waals surface area contributed by atoms with Gasteiger partial charge in [-0.25, -0.2) is 18.4 Å². The third-order valence-corrected chi connectivity index (χ3v) is 4.72. The summed E-state index contributed by atoms with van der Waals surface area (Å²) in [4.78, 5) is 13.2. The minimum absolute atomic E-state index is 0.302. The van der Waals surface area contributed by atoms with Crippen LogP contribution in [-0.4, -0.2) is 36.3 Å². The number of nitrogens with zero attached hydrogens (tertiary/aromatic N) is 6. The molecule has 5 aromatic rings. The van der Waals surface area contributed by atoms with Crippen LogP contribution in [0, 0.1) is 11.6 Å².